The van der Waals surface area contributed by atoms with E-state index < -0.39 is 26.8 Å². The molecule has 0 heterocycles. The summed E-state index contributed by atoms with van der Waals surface area (Å²) < 4.78 is 71.3. The van der Waals surface area contributed by atoms with Crippen molar-refractivity contribution in [1.82, 2.24) is 4.90 Å². The van der Waals surface area contributed by atoms with Crippen LogP contribution in [0.25, 0.3) is 0 Å². The topological polar surface area (TPSA) is 66.9 Å². The standard InChI is InChI=1S/C26H31F3N2O4S/c1-3-30(4-2)22-12-11-19(17-31(21-13-14-21)25(32)18-7-5-8-18)24(16-22)35-36(33,34)23-10-6-9-20(15-23)26(27,28)29/h6,9-12,15-16,18,21H,3-5,7-8,13-14,17H2,1-2H3. The molecular formula is C26H31F3N2O4S. The van der Waals surface area contributed by atoms with Crippen molar-refractivity contribution in [3.63, 3.8) is 0 Å². The Hall–Kier alpha value is -2.75. The van der Waals surface area contributed by atoms with Gasteiger partial charge in [-0.25, -0.2) is 0 Å². The summed E-state index contributed by atoms with van der Waals surface area (Å²) in [7, 11) is -4.57. The normalized spacial score (nSPS) is 16.4. The van der Waals surface area contributed by atoms with Crippen LogP contribution in [0.1, 0.15) is 57.1 Å². The first-order valence-electron chi connectivity index (χ1n) is 12.3. The maximum atomic E-state index is 13.2. The quantitative estimate of drug-likeness (QED) is 0.378. The molecule has 0 N–H and O–H groups in total. The van der Waals surface area contributed by atoms with Crippen LogP contribution in [0.2, 0.25) is 0 Å². The molecule has 2 saturated carbocycles. The first-order valence-corrected chi connectivity index (χ1v) is 13.7. The summed E-state index contributed by atoms with van der Waals surface area (Å²) in [5, 5.41) is 0. The van der Waals surface area contributed by atoms with Crippen LogP contribution in [0.3, 0.4) is 0 Å². The summed E-state index contributed by atoms with van der Waals surface area (Å²) in [5.74, 6) is 0.0888. The average Bonchev–Trinajstić information content (AvgIpc) is 3.62. The maximum absolute atomic E-state index is 13.2. The molecule has 6 nitrogen and oxygen atoms in total. The van der Waals surface area contributed by atoms with E-state index in [1.165, 1.54) is 0 Å². The maximum Gasteiger partial charge on any atom is 0.416 e. The van der Waals surface area contributed by atoms with Crippen molar-refractivity contribution in [3.05, 3.63) is 53.6 Å². The van der Waals surface area contributed by atoms with E-state index >= 15 is 0 Å². The predicted octanol–water partition coefficient (Wildman–Crippen LogP) is 5.61. The number of rotatable bonds is 10. The lowest BCUT2D eigenvalue weighted by atomic mass is 9.84. The average molecular weight is 525 g/mol. The van der Waals surface area contributed by atoms with Gasteiger partial charge in [-0.15, -0.1) is 0 Å². The van der Waals surface area contributed by atoms with Gasteiger partial charge in [-0.05, 0) is 63.8 Å². The molecule has 0 bridgehead atoms. The summed E-state index contributed by atoms with van der Waals surface area (Å²) in [6, 6.07) is 8.80. The molecule has 4 rings (SSSR count). The number of amides is 1. The third kappa shape index (κ3) is 5.79. The van der Waals surface area contributed by atoms with Crippen molar-refractivity contribution in [3.8, 4) is 5.75 Å². The number of carbonyl (C=O) groups excluding carboxylic acids is 1. The van der Waals surface area contributed by atoms with E-state index in [0.29, 0.717) is 24.7 Å². The summed E-state index contributed by atoms with van der Waals surface area (Å²) >= 11 is 0. The van der Waals surface area contributed by atoms with Gasteiger partial charge >= 0.3 is 16.3 Å². The Balaban J connectivity index is 1.69. The lowest BCUT2D eigenvalue weighted by molar-refractivity contribution is -0.139. The second kappa shape index (κ2) is 10.3. The molecule has 0 atom stereocenters. The van der Waals surface area contributed by atoms with Crippen molar-refractivity contribution in [2.24, 2.45) is 5.92 Å². The zero-order valence-corrected chi connectivity index (χ0v) is 21.2. The number of nitrogens with zero attached hydrogens (tertiary/aromatic N) is 2. The van der Waals surface area contributed by atoms with Crippen molar-refractivity contribution < 1.29 is 30.6 Å². The van der Waals surface area contributed by atoms with Gasteiger partial charge in [0.1, 0.15) is 10.6 Å². The van der Waals surface area contributed by atoms with E-state index in [9.17, 15) is 26.4 Å². The smallest absolute Gasteiger partial charge is 0.379 e. The van der Waals surface area contributed by atoms with Gasteiger partial charge in [0, 0.05) is 48.9 Å². The Morgan fingerprint density at radius 2 is 1.72 bits per heavy atom. The number of carbonyl (C=O) groups is 1. The third-order valence-electron chi connectivity index (χ3n) is 6.89. The Kier molecular flexibility index (Phi) is 7.54. The van der Waals surface area contributed by atoms with E-state index in [2.05, 4.69) is 0 Å². The van der Waals surface area contributed by atoms with Crippen LogP contribution in [-0.4, -0.2) is 38.4 Å². The van der Waals surface area contributed by atoms with Gasteiger partial charge in [-0.2, -0.15) is 21.6 Å². The van der Waals surface area contributed by atoms with Crippen molar-refractivity contribution in [1.29, 1.82) is 0 Å². The van der Waals surface area contributed by atoms with Gasteiger partial charge in [0.25, 0.3) is 0 Å². The lowest BCUT2D eigenvalue weighted by Gasteiger charge is -2.32. The van der Waals surface area contributed by atoms with Gasteiger partial charge in [-0.1, -0.05) is 18.6 Å². The molecule has 2 aromatic carbocycles. The fraction of sp³-hybridized carbons (Fsp3) is 0.500. The summed E-state index contributed by atoms with van der Waals surface area (Å²) in [4.78, 5) is 16.3. The molecule has 0 saturated heterocycles. The van der Waals surface area contributed by atoms with Crippen LogP contribution < -0.4 is 9.08 Å². The molecule has 0 spiro atoms. The van der Waals surface area contributed by atoms with Gasteiger partial charge in [0.2, 0.25) is 5.91 Å². The van der Waals surface area contributed by atoms with E-state index in [-0.39, 0.29) is 30.2 Å². The lowest BCUT2D eigenvalue weighted by Crippen LogP contribution is -2.40. The minimum atomic E-state index is -4.69. The van der Waals surface area contributed by atoms with E-state index in [0.717, 1.165) is 56.0 Å². The number of hydrogen-bond acceptors (Lipinski definition) is 5. The minimum Gasteiger partial charge on any atom is -0.379 e. The summed E-state index contributed by atoms with van der Waals surface area (Å²) in [6.45, 7) is 5.45. The second-order valence-electron chi connectivity index (χ2n) is 9.35. The molecule has 196 valence electrons. The molecule has 1 amide bonds. The Morgan fingerprint density at radius 3 is 2.28 bits per heavy atom. The molecule has 2 fully saturated rings. The van der Waals surface area contributed by atoms with Crippen LogP contribution >= 0.6 is 0 Å². The molecule has 0 radical (unpaired) electrons. The fourth-order valence-electron chi connectivity index (χ4n) is 4.38. The monoisotopic (exact) mass is 524 g/mol. The molecule has 0 unspecified atom stereocenters. The van der Waals surface area contributed by atoms with E-state index in [1.54, 1.807) is 17.0 Å². The minimum absolute atomic E-state index is 0.00115. The Bertz CT molecular complexity index is 1200. The van der Waals surface area contributed by atoms with Crippen LogP contribution in [0.4, 0.5) is 18.9 Å². The van der Waals surface area contributed by atoms with Crippen molar-refractivity contribution in [2.45, 2.75) is 69.6 Å². The highest BCUT2D eigenvalue weighted by atomic mass is 32.2. The van der Waals surface area contributed by atoms with Gasteiger partial charge < -0.3 is 14.0 Å². The largest absolute Gasteiger partial charge is 0.416 e. The van der Waals surface area contributed by atoms with Gasteiger partial charge in [0.15, 0.2) is 0 Å². The molecular weight excluding hydrogens is 493 g/mol. The molecule has 0 aromatic heterocycles. The molecule has 2 aliphatic carbocycles. The highest BCUT2D eigenvalue weighted by molar-refractivity contribution is 7.87. The third-order valence-corrected chi connectivity index (χ3v) is 8.12. The molecule has 0 aliphatic heterocycles. The first-order chi connectivity index (χ1) is 17.0. The molecule has 2 aliphatic rings. The highest BCUT2D eigenvalue weighted by Gasteiger charge is 2.38. The number of halogens is 3. The van der Waals surface area contributed by atoms with Crippen LogP contribution in [-0.2, 0) is 27.6 Å². The highest BCUT2D eigenvalue weighted by Crippen LogP contribution is 2.38. The summed E-state index contributed by atoms with van der Waals surface area (Å²) in [5.41, 5.74) is 0.151. The molecule has 2 aromatic rings. The van der Waals surface area contributed by atoms with E-state index in [1.807, 2.05) is 24.8 Å². The van der Waals surface area contributed by atoms with Crippen molar-refractivity contribution >= 4 is 21.7 Å². The zero-order valence-electron chi connectivity index (χ0n) is 20.4. The van der Waals surface area contributed by atoms with Gasteiger partial charge in [0.05, 0.1) is 5.56 Å². The van der Waals surface area contributed by atoms with Crippen LogP contribution in [0.15, 0.2) is 47.4 Å². The van der Waals surface area contributed by atoms with Gasteiger partial charge in [-0.3, -0.25) is 4.79 Å². The first kappa shape index (κ1) is 26.3. The molecule has 10 heteroatoms. The number of alkyl halides is 3. The Labute approximate surface area is 210 Å². The zero-order chi connectivity index (χ0) is 26.1. The van der Waals surface area contributed by atoms with E-state index in [4.69, 9.17) is 4.18 Å². The second-order valence-corrected chi connectivity index (χ2v) is 10.9. The molecule has 36 heavy (non-hydrogen) atoms. The predicted molar refractivity (Wildman–Crippen MR) is 130 cm³/mol. The fourth-order valence-corrected chi connectivity index (χ4v) is 5.38. The SMILES string of the molecule is CCN(CC)c1ccc(CN(C(=O)C2CCC2)C2CC2)c(OS(=O)(=O)c2cccc(C(F)(F)F)c2)c1. The Morgan fingerprint density at radius 1 is 1.03 bits per heavy atom. The summed E-state index contributed by atoms with van der Waals surface area (Å²) in [6.07, 6.45) is -0.154. The van der Waals surface area contributed by atoms with Crippen LogP contribution in [0.5, 0.6) is 5.75 Å². The number of hydrogen-bond donors (Lipinski definition) is 0. The number of benzene rings is 2. The van der Waals surface area contributed by atoms with Crippen LogP contribution in [0, 0.1) is 5.92 Å². The number of anilines is 1. The van der Waals surface area contributed by atoms with Crippen molar-refractivity contribution in [2.75, 3.05) is 18.0 Å².